The second-order valence-electron chi connectivity index (χ2n) is 13.6. The average Bonchev–Trinajstić information content (AvgIpc) is 3.22. The number of aromatic amines is 1. The van der Waals surface area contributed by atoms with Crippen molar-refractivity contribution in [3.8, 4) is 11.1 Å². The summed E-state index contributed by atoms with van der Waals surface area (Å²) in [4.78, 5) is 58.3. The van der Waals surface area contributed by atoms with Crippen LogP contribution in [0.4, 0.5) is 13.2 Å². The standard InChI is InChI=1S/C41H43F3N8O5/c1-2-26-6-5-7-28(20-26)29-23-33(41(43,44)45)37(48-24-29)39(55)47-13-19-57-18-12-46-25-36(53)51-14-16-52(17-15-51)40(56)32-21-27(10-11-34(32)42)22-35-30-8-3-4-9-31(30)38(54)50-49-35/h3-11,20-21,23-24,46H,2,12-19,22,25,45H2,1H3,(H,47,55)(H,50,54). The molecule has 5 N–H and O–H groups in total. The van der Waals surface area contributed by atoms with Gasteiger partial charge in [0, 0.05) is 62.8 Å². The Morgan fingerprint density at radius 3 is 2.39 bits per heavy atom. The molecule has 1 aliphatic heterocycles. The van der Waals surface area contributed by atoms with Crippen LogP contribution in [-0.4, -0.2) is 102 Å². The van der Waals surface area contributed by atoms with Gasteiger partial charge < -0.3 is 25.2 Å². The Kier molecular flexibility index (Phi) is 13.1. The van der Waals surface area contributed by atoms with Crippen molar-refractivity contribution in [1.82, 2.24) is 35.6 Å². The Bertz CT molecular complexity index is 2310. The number of nitrogens with zero attached hydrogens (tertiary/aromatic N) is 4. The van der Waals surface area contributed by atoms with Gasteiger partial charge >= 0.3 is 6.05 Å². The summed E-state index contributed by atoms with van der Waals surface area (Å²) in [5.74, 6) is -2.12. The molecule has 0 radical (unpaired) electrons. The van der Waals surface area contributed by atoms with Crippen LogP contribution in [0.25, 0.3) is 21.9 Å². The number of aryl methyl sites for hydroxylation is 1. The number of carbonyl (C=O) groups excluding carboxylic acids is 3. The predicted octanol–water partition coefficient (Wildman–Crippen LogP) is 3.61. The van der Waals surface area contributed by atoms with Crippen LogP contribution < -0.4 is 21.9 Å². The van der Waals surface area contributed by atoms with E-state index in [1.807, 2.05) is 25.1 Å². The molecule has 0 spiro atoms. The monoisotopic (exact) mass is 784 g/mol. The number of hydrogen-bond acceptors (Lipinski definition) is 9. The minimum absolute atomic E-state index is 0.0238. The molecule has 0 saturated carbocycles. The average molecular weight is 785 g/mol. The predicted molar refractivity (Wildman–Crippen MR) is 207 cm³/mol. The van der Waals surface area contributed by atoms with E-state index in [1.165, 1.54) is 29.3 Å². The number of ether oxygens (including phenoxy) is 1. The lowest BCUT2D eigenvalue weighted by molar-refractivity contribution is -0.131. The Morgan fingerprint density at radius 1 is 0.895 bits per heavy atom. The second kappa shape index (κ2) is 18.3. The first-order valence-electron chi connectivity index (χ1n) is 18.6. The molecule has 1 aliphatic rings. The Labute approximate surface area is 326 Å². The number of benzene rings is 3. The SMILES string of the molecule is CCc1cccc(-c2cnc(C(=O)NCCOCCNCC(=O)N3CCN(C(=O)c4cc(Cc5n[nH]c(=O)c6ccccc56)ccc4F)CC3)c(C(N)(F)F)c2)c1. The fraction of sp³-hybridized carbons (Fsp3) is 0.317. The number of pyridine rings is 1. The number of hydrogen-bond donors (Lipinski definition) is 4. The second-order valence-corrected chi connectivity index (χ2v) is 13.6. The smallest absolute Gasteiger partial charge is 0.329 e. The van der Waals surface area contributed by atoms with E-state index < -0.39 is 34.9 Å². The van der Waals surface area contributed by atoms with Crippen molar-refractivity contribution in [3.05, 3.63) is 129 Å². The molecule has 0 aliphatic carbocycles. The number of alkyl halides is 2. The van der Waals surface area contributed by atoms with Crippen LogP contribution in [0.15, 0.2) is 83.8 Å². The Morgan fingerprint density at radius 2 is 1.63 bits per heavy atom. The van der Waals surface area contributed by atoms with E-state index in [0.717, 1.165) is 12.0 Å². The first kappa shape index (κ1) is 40.7. The quantitative estimate of drug-likeness (QED) is 0.0914. The van der Waals surface area contributed by atoms with Crippen molar-refractivity contribution >= 4 is 28.5 Å². The molecule has 6 rings (SSSR count). The van der Waals surface area contributed by atoms with Crippen LogP contribution in [0.1, 0.15) is 50.2 Å². The number of H-pyrrole nitrogens is 1. The van der Waals surface area contributed by atoms with Gasteiger partial charge in [0.05, 0.1) is 42.0 Å². The number of rotatable bonds is 15. The lowest BCUT2D eigenvalue weighted by Gasteiger charge is -2.35. The summed E-state index contributed by atoms with van der Waals surface area (Å²) >= 11 is 0. The number of fused-ring (bicyclic) bond motifs is 1. The third kappa shape index (κ3) is 10.1. The third-order valence-corrected chi connectivity index (χ3v) is 9.69. The summed E-state index contributed by atoms with van der Waals surface area (Å²) in [6.07, 6.45) is 2.41. The van der Waals surface area contributed by atoms with Gasteiger partial charge in [0.2, 0.25) is 5.91 Å². The zero-order valence-corrected chi connectivity index (χ0v) is 31.3. The van der Waals surface area contributed by atoms with Gasteiger partial charge in [-0.3, -0.25) is 24.9 Å². The van der Waals surface area contributed by atoms with Crippen molar-refractivity contribution < 1.29 is 32.3 Å². The van der Waals surface area contributed by atoms with E-state index in [1.54, 1.807) is 41.3 Å². The fourth-order valence-corrected chi connectivity index (χ4v) is 6.58. The number of carbonyl (C=O) groups is 3. The molecule has 1 saturated heterocycles. The van der Waals surface area contributed by atoms with Crippen molar-refractivity contribution in [3.63, 3.8) is 0 Å². The summed E-state index contributed by atoms with van der Waals surface area (Å²) < 4.78 is 49.1. The fourth-order valence-electron chi connectivity index (χ4n) is 6.58. The highest BCUT2D eigenvalue weighted by Gasteiger charge is 2.33. The Hall–Kier alpha value is -5.97. The zero-order chi connectivity index (χ0) is 40.5. The van der Waals surface area contributed by atoms with Crippen molar-refractivity contribution in [2.24, 2.45) is 5.73 Å². The largest absolute Gasteiger partial charge is 0.378 e. The maximum Gasteiger partial charge on any atom is 0.329 e. The summed E-state index contributed by atoms with van der Waals surface area (Å²) in [6, 6.07) is 16.1. The van der Waals surface area contributed by atoms with E-state index in [4.69, 9.17) is 10.5 Å². The van der Waals surface area contributed by atoms with Gasteiger partial charge in [-0.1, -0.05) is 55.5 Å². The molecule has 13 nitrogen and oxygen atoms in total. The lowest BCUT2D eigenvalue weighted by Crippen LogP contribution is -2.52. The highest BCUT2D eigenvalue weighted by molar-refractivity contribution is 5.95. The number of nitrogens with two attached hydrogens (primary N) is 1. The molecule has 3 heterocycles. The number of piperazine rings is 1. The van der Waals surface area contributed by atoms with E-state index in [2.05, 4.69) is 25.8 Å². The van der Waals surface area contributed by atoms with Gasteiger partial charge in [-0.15, -0.1) is 0 Å². The summed E-state index contributed by atoms with van der Waals surface area (Å²) in [7, 11) is 0. The molecule has 0 unspecified atom stereocenters. The molecule has 57 heavy (non-hydrogen) atoms. The normalized spacial score (nSPS) is 13.2. The van der Waals surface area contributed by atoms with Crippen LogP contribution in [-0.2, 0) is 28.4 Å². The molecule has 3 amide bonds. The van der Waals surface area contributed by atoms with Crippen LogP contribution in [0.3, 0.4) is 0 Å². The first-order chi connectivity index (χ1) is 27.4. The number of nitrogens with one attached hydrogen (secondary N) is 3. The van der Waals surface area contributed by atoms with E-state index in [9.17, 15) is 32.3 Å². The Balaban J connectivity index is 0.901. The van der Waals surface area contributed by atoms with Crippen molar-refractivity contribution in [2.45, 2.75) is 25.8 Å². The highest BCUT2D eigenvalue weighted by atomic mass is 19.3. The van der Waals surface area contributed by atoms with Gasteiger partial charge in [0.25, 0.3) is 17.4 Å². The van der Waals surface area contributed by atoms with Gasteiger partial charge in [0.1, 0.15) is 11.5 Å². The highest BCUT2D eigenvalue weighted by Crippen LogP contribution is 2.29. The molecule has 16 heteroatoms. The zero-order valence-electron chi connectivity index (χ0n) is 31.3. The molecule has 0 atom stereocenters. The molecule has 2 aromatic heterocycles. The number of amides is 3. The first-order valence-corrected chi connectivity index (χ1v) is 18.6. The van der Waals surface area contributed by atoms with Crippen LogP contribution in [0.2, 0.25) is 0 Å². The summed E-state index contributed by atoms with van der Waals surface area (Å²) in [5, 5.41) is 13.4. The van der Waals surface area contributed by atoms with Crippen LogP contribution >= 0.6 is 0 Å². The number of halogens is 3. The van der Waals surface area contributed by atoms with Gasteiger partial charge in [0.15, 0.2) is 0 Å². The van der Waals surface area contributed by atoms with Crippen LogP contribution in [0, 0.1) is 5.82 Å². The topological polar surface area (TPSA) is 176 Å². The summed E-state index contributed by atoms with van der Waals surface area (Å²) in [6.45, 7) is 3.66. The van der Waals surface area contributed by atoms with Crippen LogP contribution in [0.5, 0.6) is 0 Å². The van der Waals surface area contributed by atoms with E-state index in [0.29, 0.717) is 39.7 Å². The van der Waals surface area contributed by atoms with Crippen molar-refractivity contribution in [1.29, 1.82) is 0 Å². The molecule has 298 valence electrons. The van der Waals surface area contributed by atoms with Crippen molar-refractivity contribution in [2.75, 3.05) is 59.0 Å². The molecule has 3 aromatic carbocycles. The lowest BCUT2D eigenvalue weighted by atomic mass is 10.0. The third-order valence-electron chi connectivity index (χ3n) is 9.69. The molecular weight excluding hydrogens is 741 g/mol. The molecule has 1 fully saturated rings. The maximum atomic E-state index is 14.9. The van der Waals surface area contributed by atoms with Gasteiger partial charge in [-0.2, -0.15) is 13.9 Å². The minimum atomic E-state index is -3.79. The van der Waals surface area contributed by atoms with E-state index in [-0.39, 0.29) is 75.9 Å². The van der Waals surface area contributed by atoms with Gasteiger partial charge in [-0.05, 0) is 47.4 Å². The van der Waals surface area contributed by atoms with Gasteiger partial charge in [-0.25, -0.2) is 14.5 Å². The molecular formula is C41H43F3N8O5. The number of aromatic nitrogens is 3. The minimum Gasteiger partial charge on any atom is -0.378 e. The molecule has 0 bridgehead atoms. The maximum absolute atomic E-state index is 14.9. The molecule has 5 aromatic rings. The van der Waals surface area contributed by atoms with E-state index >= 15 is 0 Å². The summed E-state index contributed by atoms with van der Waals surface area (Å²) in [5.41, 5.74) is 6.94.